The molecule has 0 unspecified atom stereocenters. The van der Waals surface area contributed by atoms with Gasteiger partial charge in [-0.1, -0.05) is 29.8 Å². The number of aromatic nitrogens is 1. The highest BCUT2D eigenvalue weighted by molar-refractivity contribution is 6.30. The molecule has 0 fully saturated rings. The van der Waals surface area contributed by atoms with Crippen molar-refractivity contribution in [2.75, 3.05) is 24.6 Å². The first-order chi connectivity index (χ1) is 13.5. The number of rotatable bonds is 7. The summed E-state index contributed by atoms with van der Waals surface area (Å²) in [4.78, 5) is 18.9. The molecule has 0 spiro atoms. The molecule has 0 aliphatic heterocycles. The number of para-hydroxylation sites is 1. The van der Waals surface area contributed by atoms with Crippen LogP contribution in [0, 0.1) is 0 Å². The SMILES string of the molecule is CCN(CCO)c1cccc2c(O)c(C(=O)NCc3ccc(Cl)cc3)cnc12. The van der Waals surface area contributed by atoms with Crippen LogP contribution in [0.5, 0.6) is 5.75 Å². The van der Waals surface area contributed by atoms with E-state index in [0.717, 1.165) is 11.3 Å². The maximum absolute atomic E-state index is 12.5. The monoisotopic (exact) mass is 399 g/mol. The lowest BCUT2D eigenvalue weighted by Gasteiger charge is -2.23. The van der Waals surface area contributed by atoms with Gasteiger partial charge >= 0.3 is 0 Å². The van der Waals surface area contributed by atoms with Crippen LogP contribution in [0.25, 0.3) is 10.9 Å². The Bertz CT molecular complexity index is 977. The van der Waals surface area contributed by atoms with Gasteiger partial charge in [-0.05, 0) is 36.8 Å². The van der Waals surface area contributed by atoms with E-state index in [-0.39, 0.29) is 17.9 Å². The molecule has 0 bridgehead atoms. The molecular formula is C21H22ClN3O3. The van der Waals surface area contributed by atoms with E-state index in [9.17, 15) is 15.0 Å². The number of anilines is 1. The van der Waals surface area contributed by atoms with Crippen LogP contribution in [0.3, 0.4) is 0 Å². The summed E-state index contributed by atoms with van der Waals surface area (Å²) in [5.74, 6) is -0.518. The van der Waals surface area contributed by atoms with Gasteiger partial charge in [-0.15, -0.1) is 0 Å². The molecule has 146 valence electrons. The number of hydrogen-bond donors (Lipinski definition) is 3. The number of nitrogens with zero attached hydrogens (tertiary/aromatic N) is 2. The molecule has 1 amide bonds. The minimum absolute atomic E-state index is 0.0153. The summed E-state index contributed by atoms with van der Waals surface area (Å²) in [7, 11) is 0. The lowest BCUT2D eigenvalue weighted by molar-refractivity contribution is 0.0948. The number of aliphatic hydroxyl groups is 1. The number of carbonyl (C=O) groups excluding carboxylic acids is 1. The van der Waals surface area contributed by atoms with Crippen molar-refractivity contribution in [3.8, 4) is 5.75 Å². The number of likely N-dealkylation sites (N-methyl/N-ethyl adjacent to an activating group) is 1. The fraction of sp³-hybridized carbons (Fsp3) is 0.238. The fourth-order valence-corrected chi connectivity index (χ4v) is 3.19. The Morgan fingerprint density at radius 1 is 1.21 bits per heavy atom. The van der Waals surface area contributed by atoms with Crippen LogP contribution in [0.15, 0.2) is 48.7 Å². The van der Waals surface area contributed by atoms with E-state index in [2.05, 4.69) is 10.3 Å². The van der Waals surface area contributed by atoms with Gasteiger partial charge in [0.15, 0.2) is 0 Å². The molecule has 0 atom stereocenters. The predicted octanol–water partition coefficient (Wildman–Crippen LogP) is 3.34. The van der Waals surface area contributed by atoms with Gasteiger partial charge < -0.3 is 20.4 Å². The van der Waals surface area contributed by atoms with E-state index in [1.54, 1.807) is 24.3 Å². The normalized spacial score (nSPS) is 10.8. The highest BCUT2D eigenvalue weighted by atomic mass is 35.5. The molecule has 7 heteroatoms. The minimum Gasteiger partial charge on any atom is -0.506 e. The topological polar surface area (TPSA) is 85.7 Å². The molecule has 1 heterocycles. The predicted molar refractivity (Wildman–Crippen MR) is 111 cm³/mol. The third-order valence-corrected chi connectivity index (χ3v) is 4.80. The van der Waals surface area contributed by atoms with Gasteiger partial charge in [0.1, 0.15) is 11.3 Å². The van der Waals surface area contributed by atoms with Gasteiger partial charge in [-0.3, -0.25) is 9.78 Å². The highest BCUT2D eigenvalue weighted by Crippen LogP contribution is 2.32. The number of aromatic hydroxyl groups is 1. The van der Waals surface area contributed by atoms with Crippen LogP contribution in [-0.4, -0.2) is 40.8 Å². The first-order valence-corrected chi connectivity index (χ1v) is 9.42. The Hall–Kier alpha value is -2.83. The van der Waals surface area contributed by atoms with Crippen molar-refractivity contribution in [2.24, 2.45) is 0 Å². The summed E-state index contributed by atoms with van der Waals surface area (Å²) < 4.78 is 0. The Kier molecular flexibility index (Phi) is 6.34. The second kappa shape index (κ2) is 8.91. The summed E-state index contributed by atoms with van der Waals surface area (Å²) >= 11 is 5.87. The van der Waals surface area contributed by atoms with Gasteiger partial charge in [-0.25, -0.2) is 0 Å². The second-order valence-corrected chi connectivity index (χ2v) is 6.74. The molecule has 0 radical (unpaired) electrons. The summed E-state index contributed by atoms with van der Waals surface area (Å²) in [6.07, 6.45) is 1.38. The van der Waals surface area contributed by atoms with E-state index in [4.69, 9.17) is 11.6 Å². The number of carbonyl (C=O) groups is 1. The summed E-state index contributed by atoms with van der Waals surface area (Å²) in [5.41, 5.74) is 2.40. The zero-order valence-corrected chi connectivity index (χ0v) is 16.3. The fourth-order valence-electron chi connectivity index (χ4n) is 3.06. The van der Waals surface area contributed by atoms with Crippen LogP contribution in [0.1, 0.15) is 22.8 Å². The summed E-state index contributed by atoms with van der Waals surface area (Å²) in [6.45, 7) is 3.45. The number of halogens is 1. The Balaban J connectivity index is 1.87. The first-order valence-electron chi connectivity index (χ1n) is 9.04. The molecule has 6 nitrogen and oxygen atoms in total. The van der Waals surface area contributed by atoms with E-state index in [1.807, 2.05) is 30.0 Å². The third-order valence-electron chi connectivity index (χ3n) is 4.55. The number of benzene rings is 2. The maximum atomic E-state index is 12.5. The van der Waals surface area contributed by atoms with Crippen molar-refractivity contribution in [1.29, 1.82) is 0 Å². The number of nitrogens with one attached hydrogen (secondary N) is 1. The number of aliphatic hydroxyl groups excluding tert-OH is 1. The molecule has 2 aromatic carbocycles. The van der Waals surface area contributed by atoms with Crippen molar-refractivity contribution in [1.82, 2.24) is 10.3 Å². The zero-order chi connectivity index (χ0) is 20.1. The van der Waals surface area contributed by atoms with Gasteiger partial charge in [0, 0.05) is 36.2 Å². The Morgan fingerprint density at radius 3 is 2.64 bits per heavy atom. The number of pyridine rings is 1. The molecule has 0 saturated carbocycles. The van der Waals surface area contributed by atoms with E-state index >= 15 is 0 Å². The smallest absolute Gasteiger partial charge is 0.256 e. The number of amides is 1. The standard InChI is InChI=1S/C21H22ClN3O3/c1-2-25(10-11-26)18-5-3-4-16-19(18)23-13-17(20(16)27)21(28)24-12-14-6-8-15(22)9-7-14/h3-9,13,26H,2,10-12H2,1H3,(H,23,27)(H,24,28). The molecule has 3 rings (SSSR count). The molecule has 3 N–H and O–H groups in total. The molecule has 1 aromatic heterocycles. The van der Waals surface area contributed by atoms with Crippen LogP contribution >= 0.6 is 11.6 Å². The molecular weight excluding hydrogens is 378 g/mol. The van der Waals surface area contributed by atoms with Gasteiger partial charge in [-0.2, -0.15) is 0 Å². The molecule has 0 aliphatic rings. The number of fused-ring (bicyclic) bond motifs is 1. The molecule has 0 aliphatic carbocycles. The minimum atomic E-state index is -0.407. The third kappa shape index (κ3) is 4.18. The molecule has 0 saturated heterocycles. The lowest BCUT2D eigenvalue weighted by Crippen LogP contribution is -2.26. The Morgan fingerprint density at radius 2 is 1.96 bits per heavy atom. The van der Waals surface area contributed by atoms with Crippen LogP contribution in [0.2, 0.25) is 5.02 Å². The molecule has 3 aromatic rings. The van der Waals surface area contributed by atoms with Crippen molar-refractivity contribution in [3.63, 3.8) is 0 Å². The summed E-state index contributed by atoms with van der Waals surface area (Å²) in [6, 6.07) is 12.6. The second-order valence-electron chi connectivity index (χ2n) is 6.31. The van der Waals surface area contributed by atoms with Crippen LogP contribution in [-0.2, 0) is 6.54 Å². The Labute approximate surface area is 168 Å². The first kappa shape index (κ1) is 19.9. The van der Waals surface area contributed by atoms with Gasteiger partial charge in [0.05, 0.1) is 17.8 Å². The van der Waals surface area contributed by atoms with Crippen molar-refractivity contribution >= 4 is 34.1 Å². The quantitative estimate of drug-likeness (QED) is 0.567. The maximum Gasteiger partial charge on any atom is 0.256 e. The van der Waals surface area contributed by atoms with Crippen LogP contribution in [0.4, 0.5) is 5.69 Å². The average Bonchev–Trinajstić information content (AvgIpc) is 2.71. The van der Waals surface area contributed by atoms with Crippen molar-refractivity contribution in [2.45, 2.75) is 13.5 Å². The van der Waals surface area contributed by atoms with Crippen LogP contribution < -0.4 is 10.2 Å². The summed E-state index contributed by atoms with van der Waals surface area (Å²) in [5, 5.41) is 23.9. The van der Waals surface area contributed by atoms with E-state index < -0.39 is 5.91 Å². The van der Waals surface area contributed by atoms with E-state index in [1.165, 1.54) is 6.20 Å². The average molecular weight is 400 g/mol. The highest BCUT2D eigenvalue weighted by Gasteiger charge is 2.18. The van der Waals surface area contributed by atoms with E-state index in [0.29, 0.717) is 35.6 Å². The number of hydrogen-bond acceptors (Lipinski definition) is 5. The molecule has 28 heavy (non-hydrogen) atoms. The lowest BCUT2D eigenvalue weighted by atomic mass is 10.1. The van der Waals surface area contributed by atoms with Gasteiger partial charge in [0.2, 0.25) is 0 Å². The zero-order valence-electron chi connectivity index (χ0n) is 15.5. The van der Waals surface area contributed by atoms with Gasteiger partial charge in [0.25, 0.3) is 5.91 Å². The van der Waals surface area contributed by atoms with Crippen molar-refractivity contribution in [3.05, 3.63) is 64.8 Å². The largest absolute Gasteiger partial charge is 0.506 e. The van der Waals surface area contributed by atoms with Crippen molar-refractivity contribution < 1.29 is 15.0 Å².